The molecule has 0 saturated heterocycles. The Kier molecular flexibility index (Phi) is 3.96. The summed E-state index contributed by atoms with van der Waals surface area (Å²) in [6.07, 6.45) is 1.52. The van der Waals surface area contributed by atoms with E-state index in [-0.39, 0.29) is 0 Å². The molecule has 2 aromatic carbocycles. The Hall–Kier alpha value is -3.88. The molecule has 0 radical (unpaired) electrons. The van der Waals surface area contributed by atoms with Crippen molar-refractivity contribution >= 4 is 11.5 Å². The molecule has 0 amide bonds. The Labute approximate surface area is 152 Å². The van der Waals surface area contributed by atoms with Gasteiger partial charge in [0, 0.05) is 23.4 Å². The van der Waals surface area contributed by atoms with E-state index < -0.39 is 16.4 Å². The van der Waals surface area contributed by atoms with Crippen molar-refractivity contribution in [1.82, 2.24) is 19.6 Å². The number of ether oxygens (including phenoxy) is 1. The van der Waals surface area contributed by atoms with Crippen LogP contribution in [0.25, 0.3) is 28.4 Å². The van der Waals surface area contributed by atoms with E-state index in [4.69, 9.17) is 4.74 Å². The number of aromatic nitrogens is 4. The molecule has 0 N–H and O–H groups in total. The molecule has 0 aliphatic rings. The number of methoxy groups -OCH3 is 1. The zero-order valence-electron chi connectivity index (χ0n) is 14.0. The van der Waals surface area contributed by atoms with E-state index in [0.29, 0.717) is 28.6 Å². The second-order valence-electron chi connectivity index (χ2n) is 5.63. The van der Waals surface area contributed by atoms with E-state index in [9.17, 15) is 14.5 Å². The third-order valence-corrected chi connectivity index (χ3v) is 4.03. The van der Waals surface area contributed by atoms with Crippen molar-refractivity contribution in [3.05, 3.63) is 70.7 Å². The Balaban J connectivity index is 1.84. The van der Waals surface area contributed by atoms with Gasteiger partial charge in [-0.15, -0.1) is 5.10 Å². The summed E-state index contributed by atoms with van der Waals surface area (Å²) in [4.78, 5) is 18.8. The summed E-state index contributed by atoms with van der Waals surface area (Å²) in [5, 5.41) is 15.5. The molecule has 4 aromatic rings. The molecule has 27 heavy (non-hydrogen) atoms. The quantitative estimate of drug-likeness (QED) is 0.406. The van der Waals surface area contributed by atoms with Gasteiger partial charge in [0.05, 0.1) is 17.7 Å². The summed E-state index contributed by atoms with van der Waals surface area (Å²) in [5.74, 6) is 0.575. The summed E-state index contributed by atoms with van der Waals surface area (Å²) < 4.78 is 20.2. The van der Waals surface area contributed by atoms with E-state index in [1.807, 2.05) is 12.1 Å². The predicted molar refractivity (Wildman–Crippen MR) is 94.8 cm³/mol. The minimum absolute atomic E-state index is 0.324. The molecule has 0 atom stereocenters. The smallest absolute Gasteiger partial charge is 0.305 e. The minimum atomic E-state index is -0.897. The van der Waals surface area contributed by atoms with Crippen molar-refractivity contribution in [3.8, 4) is 28.4 Å². The number of hydrogen-bond acceptors (Lipinski definition) is 6. The maximum atomic E-state index is 13.6. The third kappa shape index (κ3) is 2.95. The van der Waals surface area contributed by atoms with Crippen LogP contribution in [0.15, 0.2) is 54.7 Å². The molecule has 134 valence electrons. The lowest BCUT2D eigenvalue weighted by atomic mass is 10.1. The van der Waals surface area contributed by atoms with Gasteiger partial charge in [-0.05, 0) is 42.5 Å². The van der Waals surface area contributed by atoms with Crippen molar-refractivity contribution in [2.45, 2.75) is 0 Å². The summed E-state index contributed by atoms with van der Waals surface area (Å²) in [6, 6.07) is 12.5. The van der Waals surface area contributed by atoms with Gasteiger partial charge in [-0.2, -0.15) is 13.9 Å². The molecule has 2 aromatic heterocycles. The van der Waals surface area contributed by atoms with Crippen LogP contribution >= 0.6 is 0 Å². The van der Waals surface area contributed by atoms with Gasteiger partial charge in [0.15, 0.2) is 5.82 Å². The highest BCUT2D eigenvalue weighted by molar-refractivity contribution is 5.66. The van der Waals surface area contributed by atoms with E-state index in [2.05, 4.69) is 15.1 Å². The number of halogens is 1. The minimum Gasteiger partial charge on any atom is -0.497 e. The molecule has 4 rings (SSSR count). The zero-order chi connectivity index (χ0) is 19.0. The molecule has 0 aliphatic carbocycles. The maximum absolute atomic E-state index is 13.6. The van der Waals surface area contributed by atoms with E-state index in [1.165, 1.54) is 22.8 Å². The Morgan fingerprint density at radius 1 is 1.11 bits per heavy atom. The lowest BCUT2D eigenvalue weighted by Crippen LogP contribution is -1.98. The topological polar surface area (TPSA) is 95.5 Å². The number of rotatable bonds is 4. The number of nitro benzene ring substituents is 1. The average Bonchev–Trinajstić information content (AvgIpc) is 3.12. The van der Waals surface area contributed by atoms with Gasteiger partial charge in [0.2, 0.25) is 5.82 Å². The summed E-state index contributed by atoms with van der Waals surface area (Å²) >= 11 is 0. The Morgan fingerprint density at radius 3 is 2.56 bits per heavy atom. The van der Waals surface area contributed by atoms with E-state index >= 15 is 0 Å². The highest BCUT2D eigenvalue weighted by Crippen LogP contribution is 2.27. The number of nitro groups is 1. The van der Waals surface area contributed by atoms with Gasteiger partial charge in [0.25, 0.3) is 5.78 Å². The van der Waals surface area contributed by atoms with Crippen LogP contribution in [0.1, 0.15) is 0 Å². The second kappa shape index (κ2) is 6.45. The van der Waals surface area contributed by atoms with Crippen LogP contribution in [0, 0.1) is 15.9 Å². The van der Waals surface area contributed by atoms with Gasteiger partial charge in [0.1, 0.15) is 5.75 Å². The van der Waals surface area contributed by atoms with Crippen molar-refractivity contribution in [3.63, 3.8) is 0 Å². The largest absolute Gasteiger partial charge is 0.497 e. The van der Waals surface area contributed by atoms with Crippen molar-refractivity contribution < 1.29 is 14.1 Å². The van der Waals surface area contributed by atoms with Gasteiger partial charge < -0.3 is 4.74 Å². The van der Waals surface area contributed by atoms with E-state index in [1.54, 1.807) is 25.3 Å². The first-order chi connectivity index (χ1) is 13.1. The van der Waals surface area contributed by atoms with Crippen molar-refractivity contribution in [1.29, 1.82) is 0 Å². The average molecular weight is 365 g/mol. The van der Waals surface area contributed by atoms with Crippen LogP contribution in [0.3, 0.4) is 0 Å². The molecule has 0 aliphatic heterocycles. The SMILES string of the molecule is COc1ccc(-c2nc3nccc(-c4ccc(F)c([N+](=O)[O-])c4)n3n2)cc1. The first-order valence-corrected chi connectivity index (χ1v) is 7.87. The molecule has 8 nitrogen and oxygen atoms in total. The molecular formula is C18H12FN5O3. The normalized spacial score (nSPS) is 10.9. The van der Waals surface area contributed by atoms with Gasteiger partial charge in [-0.25, -0.2) is 4.98 Å². The lowest BCUT2D eigenvalue weighted by Gasteiger charge is -2.04. The van der Waals surface area contributed by atoms with Crippen LogP contribution in [-0.4, -0.2) is 31.6 Å². The molecule has 9 heteroatoms. The van der Waals surface area contributed by atoms with Crippen LogP contribution in [0.5, 0.6) is 5.75 Å². The monoisotopic (exact) mass is 365 g/mol. The highest BCUT2D eigenvalue weighted by Gasteiger charge is 2.17. The number of hydrogen-bond donors (Lipinski definition) is 0. The third-order valence-electron chi connectivity index (χ3n) is 4.03. The van der Waals surface area contributed by atoms with Crippen molar-refractivity contribution in [2.24, 2.45) is 0 Å². The van der Waals surface area contributed by atoms with Gasteiger partial charge in [-0.3, -0.25) is 10.1 Å². The molecule has 0 bridgehead atoms. The maximum Gasteiger partial charge on any atom is 0.305 e. The molecule has 0 spiro atoms. The predicted octanol–water partition coefficient (Wildman–Crippen LogP) is 3.51. The summed E-state index contributed by atoms with van der Waals surface area (Å²) in [7, 11) is 1.58. The summed E-state index contributed by atoms with van der Waals surface area (Å²) in [5.41, 5.74) is 1.10. The van der Waals surface area contributed by atoms with E-state index in [0.717, 1.165) is 11.6 Å². The molecule has 2 heterocycles. The summed E-state index contributed by atoms with van der Waals surface area (Å²) in [6.45, 7) is 0. The molecule has 0 unspecified atom stereocenters. The fraction of sp³-hybridized carbons (Fsp3) is 0.0556. The Bertz CT molecular complexity index is 1160. The van der Waals surface area contributed by atoms with Crippen LogP contribution < -0.4 is 4.74 Å². The number of benzene rings is 2. The van der Waals surface area contributed by atoms with Gasteiger partial charge >= 0.3 is 5.69 Å². The second-order valence-corrected chi connectivity index (χ2v) is 5.63. The number of fused-ring (bicyclic) bond motifs is 1. The molecule has 0 saturated carbocycles. The highest BCUT2D eigenvalue weighted by atomic mass is 19.1. The standard InChI is InChI=1S/C18H12FN5O3/c1-27-13-5-2-11(3-6-13)17-21-18-20-9-8-15(23(18)22-17)12-4-7-14(19)16(10-12)24(25)26/h2-10H,1H3. The van der Waals surface area contributed by atoms with Crippen LogP contribution in [0.2, 0.25) is 0 Å². The fourth-order valence-corrected chi connectivity index (χ4v) is 2.69. The lowest BCUT2D eigenvalue weighted by molar-refractivity contribution is -0.387. The van der Waals surface area contributed by atoms with Crippen LogP contribution in [-0.2, 0) is 0 Å². The fourth-order valence-electron chi connectivity index (χ4n) is 2.69. The van der Waals surface area contributed by atoms with Gasteiger partial charge in [-0.1, -0.05) is 0 Å². The molecular weight excluding hydrogens is 353 g/mol. The van der Waals surface area contributed by atoms with Crippen molar-refractivity contribution in [2.75, 3.05) is 7.11 Å². The first kappa shape index (κ1) is 16.6. The number of nitrogens with zero attached hydrogens (tertiary/aromatic N) is 5. The van der Waals surface area contributed by atoms with Crippen LogP contribution in [0.4, 0.5) is 10.1 Å². The molecule has 0 fully saturated rings. The Morgan fingerprint density at radius 2 is 1.85 bits per heavy atom. The first-order valence-electron chi connectivity index (χ1n) is 7.87. The zero-order valence-corrected chi connectivity index (χ0v) is 14.0.